The highest BCUT2D eigenvalue weighted by atomic mass is 16.2. The van der Waals surface area contributed by atoms with Crippen LogP contribution < -0.4 is 10.6 Å². The van der Waals surface area contributed by atoms with Crippen molar-refractivity contribution < 1.29 is 4.79 Å². The Morgan fingerprint density at radius 3 is 2.50 bits per heavy atom. The normalized spacial score (nSPS) is 32.5. The van der Waals surface area contributed by atoms with E-state index < -0.39 is 0 Å². The molecule has 2 fully saturated rings. The molecule has 0 spiro atoms. The summed E-state index contributed by atoms with van der Waals surface area (Å²) in [6.45, 7) is 7.98. The Balaban J connectivity index is 1.80. The van der Waals surface area contributed by atoms with Gasteiger partial charge in [0, 0.05) is 12.6 Å². The predicted octanol–water partition coefficient (Wildman–Crippen LogP) is 3.24. The maximum atomic E-state index is 12.0. The summed E-state index contributed by atoms with van der Waals surface area (Å²) in [5.74, 6) is 1.08. The van der Waals surface area contributed by atoms with Crippen molar-refractivity contribution in [2.45, 2.75) is 84.2 Å². The summed E-state index contributed by atoms with van der Waals surface area (Å²) in [7, 11) is 0. The van der Waals surface area contributed by atoms with E-state index >= 15 is 0 Å². The Kier molecular flexibility index (Phi) is 5.48. The van der Waals surface area contributed by atoms with Gasteiger partial charge in [-0.25, -0.2) is 0 Å². The third-order valence-corrected chi connectivity index (χ3v) is 5.72. The van der Waals surface area contributed by atoms with Crippen LogP contribution in [0.15, 0.2) is 0 Å². The summed E-state index contributed by atoms with van der Waals surface area (Å²) in [6, 6.07) is 0.603. The quantitative estimate of drug-likeness (QED) is 0.830. The molecule has 0 aromatic carbocycles. The molecular weight excluding hydrogens is 248 g/mol. The second-order valence-corrected chi connectivity index (χ2v) is 7.40. The number of nitrogens with one attached hydrogen (secondary N) is 2. The lowest BCUT2D eigenvalue weighted by Gasteiger charge is -2.39. The van der Waals surface area contributed by atoms with Gasteiger partial charge in [-0.3, -0.25) is 4.79 Å². The molecule has 0 bridgehead atoms. The van der Waals surface area contributed by atoms with E-state index in [1.54, 1.807) is 0 Å². The first kappa shape index (κ1) is 15.8. The van der Waals surface area contributed by atoms with E-state index in [0.29, 0.717) is 11.5 Å². The van der Waals surface area contributed by atoms with E-state index in [1.165, 1.54) is 32.1 Å². The van der Waals surface area contributed by atoms with Crippen LogP contribution in [0.3, 0.4) is 0 Å². The summed E-state index contributed by atoms with van der Waals surface area (Å²) < 4.78 is 0. The summed E-state index contributed by atoms with van der Waals surface area (Å²) >= 11 is 0. The lowest BCUT2D eigenvalue weighted by Crippen LogP contribution is -2.48. The minimum atomic E-state index is 0.0539. The van der Waals surface area contributed by atoms with Crippen molar-refractivity contribution in [1.82, 2.24) is 10.6 Å². The van der Waals surface area contributed by atoms with E-state index in [0.717, 1.165) is 31.7 Å². The first-order chi connectivity index (χ1) is 9.53. The molecule has 1 unspecified atom stereocenters. The molecule has 2 rings (SSSR count). The predicted molar refractivity (Wildman–Crippen MR) is 83.6 cm³/mol. The lowest BCUT2D eigenvalue weighted by atomic mass is 9.69. The SMILES string of the molecule is CCC(C)(C)C1CCC(NC2CCCCNC2=O)CC1. The number of carbonyl (C=O) groups excluding carboxylic acids is 1. The highest BCUT2D eigenvalue weighted by Gasteiger charge is 2.33. The van der Waals surface area contributed by atoms with Crippen molar-refractivity contribution in [3.63, 3.8) is 0 Å². The Hall–Kier alpha value is -0.570. The lowest BCUT2D eigenvalue weighted by molar-refractivity contribution is -0.123. The van der Waals surface area contributed by atoms with Crippen LogP contribution in [0.2, 0.25) is 0 Å². The van der Waals surface area contributed by atoms with Crippen molar-refractivity contribution in [2.75, 3.05) is 6.54 Å². The standard InChI is InChI=1S/C17H32N2O/c1-4-17(2,3)13-8-10-14(11-9-13)19-15-7-5-6-12-18-16(15)20/h13-15,19H,4-12H2,1-3H3,(H,18,20). The Bertz CT molecular complexity index is 319. The molecule has 0 aromatic heterocycles. The molecule has 1 saturated heterocycles. The van der Waals surface area contributed by atoms with E-state index in [4.69, 9.17) is 0 Å². The van der Waals surface area contributed by atoms with Crippen molar-refractivity contribution in [3.8, 4) is 0 Å². The summed E-state index contributed by atoms with van der Waals surface area (Å²) in [5, 5.41) is 6.65. The molecule has 1 saturated carbocycles. The van der Waals surface area contributed by atoms with Gasteiger partial charge in [0.05, 0.1) is 6.04 Å². The van der Waals surface area contributed by atoms with Gasteiger partial charge in [-0.1, -0.05) is 27.2 Å². The first-order valence-corrected chi connectivity index (χ1v) is 8.56. The zero-order valence-corrected chi connectivity index (χ0v) is 13.5. The second kappa shape index (κ2) is 6.93. The third kappa shape index (κ3) is 3.97. The van der Waals surface area contributed by atoms with Crippen LogP contribution in [0.1, 0.15) is 72.1 Å². The van der Waals surface area contributed by atoms with Crippen molar-refractivity contribution in [2.24, 2.45) is 11.3 Å². The molecule has 0 aromatic rings. The molecule has 1 aliphatic carbocycles. The van der Waals surface area contributed by atoms with Gasteiger partial charge in [0.25, 0.3) is 0 Å². The number of carbonyl (C=O) groups is 1. The Morgan fingerprint density at radius 1 is 1.15 bits per heavy atom. The maximum absolute atomic E-state index is 12.0. The van der Waals surface area contributed by atoms with Gasteiger partial charge >= 0.3 is 0 Å². The van der Waals surface area contributed by atoms with Crippen LogP contribution in [-0.2, 0) is 4.79 Å². The minimum absolute atomic E-state index is 0.0539. The van der Waals surface area contributed by atoms with Crippen molar-refractivity contribution in [1.29, 1.82) is 0 Å². The fourth-order valence-corrected chi connectivity index (χ4v) is 3.71. The molecule has 2 N–H and O–H groups in total. The van der Waals surface area contributed by atoms with E-state index in [-0.39, 0.29) is 11.9 Å². The summed E-state index contributed by atoms with van der Waals surface area (Å²) in [6.07, 6.45) is 9.65. The Labute approximate surface area is 124 Å². The molecule has 3 nitrogen and oxygen atoms in total. The molecule has 20 heavy (non-hydrogen) atoms. The molecule has 2 aliphatic rings. The van der Waals surface area contributed by atoms with Gasteiger partial charge in [0.2, 0.25) is 5.91 Å². The minimum Gasteiger partial charge on any atom is -0.355 e. The van der Waals surface area contributed by atoms with Gasteiger partial charge in [0.1, 0.15) is 0 Å². The van der Waals surface area contributed by atoms with Crippen LogP contribution in [0.5, 0.6) is 0 Å². The van der Waals surface area contributed by atoms with Gasteiger partial charge in [-0.2, -0.15) is 0 Å². The van der Waals surface area contributed by atoms with Crippen molar-refractivity contribution in [3.05, 3.63) is 0 Å². The highest BCUT2D eigenvalue weighted by molar-refractivity contribution is 5.81. The van der Waals surface area contributed by atoms with Crippen molar-refractivity contribution >= 4 is 5.91 Å². The van der Waals surface area contributed by atoms with Crippen LogP contribution in [0.4, 0.5) is 0 Å². The average Bonchev–Trinajstić information content (AvgIpc) is 2.65. The monoisotopic (exact) mass is 280 g/mol. The Morgan fingerprint density at radius 2 is 1.85 bits per heavy atom. The molecule has 1 atom stereocenters. The largest absolute Gasteiger partial charge is 0.355 e. The van der Waals surface area contributed by atoms with E-state index in [2.05, 4.69) is 31.4 Å². The average molecular weight is 280 g/mol. The number of hydrogen-bond acceptors (Lipinski definition) is 2. The van der Waals surface area contributed by atoms with Crippen LogP contribution >= 0.6 is 0 Å². The molecule has 3 heteroatoms. The molecule has 1 aliphatic heterocycles. The number of hydrogen-bond donors (Lipinski definition) is 2. The fraction of sp³-hybridized carbons (Fsp3) is 0.941. The number of amides is 1. The van der Waals surface area contributed by atoms with Gasteiger partial charge in [0.15, 0.2) is 0 Å². The maximum Gasteiger partial charge on any atom is 0.237 e. The van der Waals surface area contributed by atoms with Crippen LogP contribution in [0.25, 0.3) is 0 Å². The third-order valence-electron chi connectivity index (χ3n) is 5.72. The molecule has 1 heterocycles. The van der Waals surface area contributed by atoms with E-state index in [9.17, 15) is 4.79 Å². The zero-order chi connectivity index (χ0) is 14.6. The fourth-order valence-electron chi connectivity index (χ4n) is 3.71. The zero-order valence-electron chi connectivity index (χ0n) is 13.5. The summed E-state index contributed by atoms with van der Waals surface area (Å²) in [4.78, 5) is 12.0. The highest BCUT2D eigenvalue weighted by Crippen LogP contribution is 2.40. The van der Waals surface area contributed by atoms with E-state index in [1.807, 2.05) is 0 Å². The molecule has 116 valence electrons. The van der Waals surface area contributed by atoms with Gasteiger partial charge < -0.3 is 10.6 Å². The van der Waals surface area contributed by atoms with Crippen LogP contribution in [-0.4, -0.2) is 24.5 Å². The van der Waals surface area contributed by atoms with Gasteiger partial charge in [-0.15, -0.1) is 0 Å². The van der Waals surface area contributed by atoms with Crippen LogP contribution in [0, 0.1) is 11.3 Å². The molecular formula is C17H32N2O. The van der Waals surface area contributed by atoms with Gasteiger partial charge in [-0.05, 0) is 56.3 Å². The molecule has 0 radical (unpaired) electrons. The first-order valence-electron chi connectivity index (χ1n) is 8.56. The topological polar surface area (TPSA) is 41.1 Å². The summed E-state index contributed by atoms with van der Waals surface area (Å²) in [5.41, 5.74) is 0.477. The second-order valence-electron chi connectivity index (χ2n) is 7.40. The molecule has 1 amide bonds. The number of rotatable bonds is 4. The smallest absolute Gasteiger partial charge is 0.237 e.